The van der Waals surface area contributed by atoms with E-state index >= 15 is 0 Å². The summed E-state index contributed by atoms with van der Waals surface area (Å²) in [5.74, 6) is -1.20. The third kappa shape index (κ3) is 2.90. The van der Waals surface area contributed by atoms with Crippen molar-refractivity contribution in [2.45, 2.75) is 13.5 Å². The number of rotatable bonds is 4. The average molecular weight is 275 g/mol. The monoisotopic (exact) mass is 275 g/mol. The molecule has 20 heavy (non-hydrogen) atoms. The highest BCUT2D eigenvalue weighted by atomic mass is 19.1. The molecule has 0 spiro atoms. The van der Waals surface area contributed by atoms with Crippen LogP contribution in [0.5, 0.6) is 0 Å². The first kappa shape index (κ1) is 13.9. The molecular weight excluding hydrogens is 261 g/mol. The van der Waals surface area contributed by atoms with Crippen LogP contribution >= 0.6 is 0 Å². The normalized spacial score (nSPS) is 10.3. The fourth-order valence-electron chi connectivity index (χ4n) is 1.81. The molecule has 0 bridgehead atoms. The Morgan fingerprint density at radius 3 is 2.55 bits per heavy atom. The van der Waals surface area contributed by atoms with Crippen LogP contribution in [-0.4, -0.2) is 28.1 Å². The van der Waals surface area contributed by atoms with Crippen molar-refractivity contribution in [3.05, 3.63) is 53.2 Å². The summed E-state index contributed by atoms with van der Waals surface area (Å²) in [4.78, 5) is 20.1. The summed E-state index contributed by atoms with van der Waals surface area (Å²) in [5, 5.41) is 8.83. The first-order chi connectivity index (χ1) is 9.49. The number of nitrogens with zero attached hydrogens (tertiary/aromatic N) is 3. The molecule has 0 saturated carbocycles. The standard InChI is InChI=1S/C14H14FN3O2/c1-9-12(15)13(17-8-16-9)18(2)7-10-3-5-11(6-4-10)14(19)20/h3-6,8H,7H2,1-2H3,(H,19,20). The molecule has 1 N–H and O–H groups in total. The minimum atomic E-state index is -0.970. The molecule has 0 fully saturated rings. The summed E-state index contributed by atoms with van der Waals surface area (Å²) in [5.41, 5.74) is 1.39. The molecule has 2 aromatic rings. The molecule has 0 aliphatic heterocycles. The zero-order chi connectivity index (χ0) is 14.7. The van der Waals surface area contributed by atoms with Gasteiger partial charge in [-0.3, -0.25) is 0 Å². The van der Waals surface area contributed by atoms with Crippen molar-refractivity contribution >= 4 is 11.8 Å². The molecule has 0 unspecified atom stereocenters. The lowest BCUT2D eigenvalue weighted by Gasteiger charge is -2.19. The van der Waals surface area contributed by atoms with Crippen LogP contribution in [0.2, 0.25) is 0 Å². The van der Waals surface area contributed by atoms with E-state index < -0.39 is 11.8 Å². The van der Waals surface area contributed by atoms with Crippen molar-refractivity contribution in [1.29, 1.82) is 0 Å². The van der Waals surface area contributed by atoms with E-state index in [1.165, 1.54) is 18.5 Å². The smallest absolute Gasteiger partial charge is 0.335 e. The highest BCUT2D eigenvalue weighted by Gasteiger charge is 2.12. The maximum absolute atomic E-state index is 13.9. The largest absolute Gasteiger partial charge is 0.478 e. The van der Waals surface area contributed by atoms with Gasteiger partial charge < -0.3 is 10.0 Å². The second kappa shape index (κ2) is 5.64. The highest BCUT2D eigenvalue weighted by Crippen LogP contribution is 2.18. The second-order valence-corrected chi connectivity index (χ2v) is 4.45. The Labute approximate surface area is 115 Å². The van der Waals surface area contributed by atoms with Crippen LogP contribution in [0.15, 0.2) is 30.6 Å². The number of aromatic carboxylic acids is 1. The van der Waals surface area contributed by atoms with E-state index in [0.717, 1.165) is 5.56 Å². The fraction of sp³-hybridized carbons (Fsp3) is 0.214. The van der Waals surface area contributed by atoms with Gasteiger partial charge in [-0.25, -0.2) is 19.2 Å². The quantitative estimate of drug-likeness (QED) is 0.927. The number of carboxylic acid groups (broad SMARTS) is 1. The van der Waals surface area contributed by atoms with Crippen molar-refractivity contribution in [2.75, 3.05) is 11.9 Å². The van der Waals surface area contributed by atoms with Crippen LogP contribution in [0.25, 0.3) is 0 Å². The molecule has 2 rings (SSSR count). The fourth-order valence-corrected chi connectivity index (χ4v) is 1.81. The first-order valence-electron chi connectivity index (χ1n) is 5.99. The third-order valence-electron chi connectivity index (χ3n) is 2.93. The topological polar surface area (TPSA) is 66.3 Å². The SMILES string of the molecule is Cc1ncnc(N(C)Cc2ccc(C(=O)O)cc2)c1F. The number of hydrogen-bond acceptors (Lipinski definition) is 4. The molecule has 104 valence electrons. The molecular formula is C14H14FN3O2. The van der Waals surface area contributed by atoms with Crippen LogP contribution in [0, 0.1) is 12.7 Å². The Balaban J connectivity index is 2.17. The first-order valence-corrected chi connectivity index (χ1v) is 5.99. The molecule has 0 saturated heterocycles. The van der Waals surface area contributed by atoms with Gasteiger partial charge in [0.1, 0.15) is 6.33 Å². The highest BCUT2D eigenvalue weighted by molar-refractivity contribution is 5.87. The van der Waals surface area contributed by atoms with Gasteiger partial charge in [-0.05, 0) is 24.6 Å². The lowest BCUT2D eigenvalue weighted by Crippen LogP contribution is -2.20. The maximum atomic E-state index is 13.9. The van der Waals surface area contributed by atoms with Gasteiger partial charge in [0, 0.05) is 13.6 Å². The van der Waals surface area contributed by atoms with Gasteiger partial charge in [0.05, 0.1) is 11.3 Å². The Morgan fingerprint density at radius 2 is 1.95 bits per heavy atom. The van der Waals surface area contributed by atoms with E-state index in [1.54, 1.807) is 31.0 Å². The Hall–Kier alpha value is -2.50. The average Bonchev–Trinajstić information content (AvgIpc) is 2.42. The third-order valence-corrected chi connectivity index (χ3v) is 2.93. The lowest BCUT2D eigenvalue weighted by molar-refractivity contribution is 0.0697. The minimum Gasteiger partial charge on any atom is -0.478 e. The summed E-state index contributed by atoms with van der Waals surface area (Å²) in [7, 11) is 1.72. The number of aryl methyl sites for hydroxylation is 1. The van der Waals surface area contributed by atoms with Crippen LogP contribution in [-0.2, 0) is 6.54 Å². The van der Waals surface area contributed by atoms with Gasteiger partial charge in [0.25, 0.3) is 0 Å². The van der Waals surface area contributed by atoms with Crippen molar-refractivity contribution in [1.82, 2.24) is 9.97 Å². The summed E-state index contributed by atoms with van der Waals surface area (Å²) in [6.45, 7) is 2.00. The number of aromatic nitrogens is 2. The zero-order valence-corrected chi connectivity index (χ0v) is 11.2. The Kier molecular flexibility index (Phi) is 3.93. The summed E-state index contributed by atoms with van der Waals surface area (Å²) in [6, 6.07) is 6.44. The van der Waals surface area contributed by atoms with Crippen molar-refractivity contribution in [3.8, 4) is 0 Å². The predicted molar refractivity (Wildman–Crippen MR) is 72.2 cm³/mol. The molecule has 0 radical (unpaired) electrons. The van der Waals surface area contributed by atoms with Crippen LogP contribution in [0.3, 0.4) is 0 Å². The Morgan fingerprint density at radius 1 is 1.30 bits per heavy atom. The van der Waals surface area contributed by atoms with Gasteiger partial charge in [0.2, 0.25) is 0 Å². The summed E-state index contributed by atoms with van der Waals surface area (Å²) >= 11 is 0. The van der Waals surface area contributed by atoms with Gasteiger partial charge in [0.15, 0.2) is 11.6 Å². The van der Waals surface area contributed by atoms with Crippen molar-refractivity contribution < 1.29 is 14.3 Å². The number of benzene rings is 1. The number of halogens is 1. The molecule has 0 atom stereocenters. The van der Waals surface area contributed by atoms with E-state index in [0.29, 0.717) is 12.2 Å². The number of anilines is 1. The van der Waals surface area contributed by atoms with Crippen LogP contribution in [0.4, 0.5) is 10.2 Å². The van der Waals surface area contributed by atoms with E-state index in [4.69, 9.17) is 5.11 Å². The molecule has 1 aromatic heterocycles. The minimum absolute atomic E-state index is 0.222. The van der Waals surface area contributed by atoms with Gasteiger partial charge in [-0.2, -0.15) is 0 Å². The molecule has 0 aliphatic rings. The zero-order valence-electron chi connectivity index (χ0n) is 11.2. The van der Waals surface area contributed by atoms with E-state index in [9.17, 15) is 9.18 Å². The maximum Gasteiger partial charge on any atom is 0.335 e. The van der Waals surface area contributed by atoms with E-state index in [-0.39, 0.29) is 11.4 Å². The lowest BCUT2D eigenvalue weighted by atomic mass is 10.1. The second-order valence-electron chi connectivity index (χ2n) is 4.45. The van der Waals surface area contributed by atoms with Gasteiger partial charge in [-0.1, -0.05) is 12.1 Å². The summed E-state index contributed by atoms with van der Waals surface area (Å²) < 4.78 is 13.9. The molecule has 0 aliphatic carbocycles. The molecule has 6 heteroatoms. The number of carbonyl (C=O) groups is 1. The van der Waals surface area contributed by atoms with E-state index in [1.807, 2.05) is 0 Å². The van der Waals surface area contributed by atoms with Crippen molar-refractivity contribution in [3.63, 3.8) is 0 Å². The van der Waals surface area contributed by atoms with Crippen molar-refractivity contribution in [2.24, 2.45) is 0 Å². The molecule has 1 aromatic carbocycles. The molecule has 0 amide bonds. The Bertz CT molecular complexity index is 629. The molecule has 1 heterocycles. The molecule has 5 nitrogen and oxygen atoms in total. The van der Waals surface area contributed by atoms with Crippen LogP contribution in [0.1, 0.15) is 21.6 Å². The summed E-state index contributed by atoms with van der Waals surface area (Å²) in [6.07, 6.45) is 1.32. The van der Waals surface area contributed by atoms with E-state index in [2.05, 4.69) is 9.97 Å². The number of hydrogen-bond donors (Lipinski definition) is 1. The van der Waals surface area contributed by atoms with Crippen LogP contribution < -0.4 is 4.90 Å². The van der Waals surface area contributed by atoms with Gasteiger partial charge >= 0.3 is 5.97 Å². The van der Waals surface area contributed by atoms with Gasteiger partial charge in [-0.15, -0.1) is 0 Å². The number of carboxylic acids is 1. The predicted octanol–water partition coefficient (Wildman–Crippen LogP) is 2.26.